The number of phenols is 1. The molecule has 2 aliphatic heterocycles. The van der Waals surface area contributed by atoms with Crippen LogP contribution in [0.5, 0.6) is 5.75 Å². The number of aliphatic hydroxyl groups is 5. The molecule has 6 aliphatic rings. The molecule has 0 aromatic heterocycles. The lowest BCUT2D eigenvalue weighted by Gasteiger charge is -2.64. The van der Waals surface area contributed by atoms with Gasteiger partial charge in [-0.2, -0.15) is 0 Å². The molecule has 7 rings (SSSR count). The lowest BCUT2D eigenvalue weighted by atomic mass is 9.40. The van der Waals surface area contributed by atoms with Crippen molar-refractivity contribution >= 4 is 17.4 Å². The van der Waals surface area contributed by atoms with Crippen LogP contribution in [0.25, 0.3) is 0 Å². The average Bonchev–Trinajstić information content (AvgIpc) is 3.66. The number of carbonyl (C=O) groups excluding carboxylic acids is 2. The molecule has 10 heteroatoms. The van der Waals surface area contributed by atoms with Crippen LogP contribution in [0.3, 0.4) is 0 Å². The third-order valence-electron chi connectivity index (χ3n) is 15.1. The second kappa shape index (κ2) is 12.1. The molecule has 0 unspecified atom stereocenters. The van der Waals surface area contributed by atoms with Gasteiger partial charge < -0.3 is 40.3 Å². The first-order valence-corrected chi connectivity index (χ1v) is 18.9. The number of anilines is 1. The number of rotatable bonds is 9. The number of aryl methyl sites for hydroxylation is 1. The number of ketones is 1. The molecule has 3 saturated carbocycles. The third-order valence-corrected chi connectivity index (χ3v) is 15.1. The van der Waals surface area contributed by atoms with E-state index < -0.39 is 52.4 Å². The molecule has 0 bridgehead atoms. The number of allylic oxidation sites excluding steroid dienone is 1. The van der Waals surface area contributed by atoms with Crippen LogP contribution in [-0.4, -0.2) is 91.1 Å². The van der Waals surface area contributed by atoms with Crippen molar-refractivity contribution in [2.24, 2.45) is 39.9 Å². The first-order chi connectivity index (χ1) is 23.5. The van der Waals surface area contributed by atoms with E-state index in [0.29, 0.717) is 68.7 Å². The molecule has 12 atom stereocenters. The Morgan fingerprint density at radius 1 is 1.06 bits per heavy atom. The molecular formula is C40H57NO9. The third kappa shape index (κ3) is 5.02. The molecule has 5 fully saturated rings. The second-order valence-corrected chi connectivity index (χ2v) is 17.7. The summed E-state index contributed by atoms with van der Waals surface area (Å²) < 4.78 is 6.25. The van der Waals surface area contributed by atoms with Gasteiger partial charge in [-0.3, -0.25) is 9.59 Å². The van der Waals surface area contributed by atoms with Crippen molar-refractivity contribution in [1.82, 2.24) is 0 Å². The Kier molecular flexibility index (Phi) is 8.72. The highest BCUT2D eigenvalue weighted by Crippen LogP contribution is 2.72. The van der Waals surface area contributed by atoms with Crippen LogP contribution in [-0.2, 0) is 20.7 Å². The van der Waals surface area contributed by atoms with E-state index in [0.717, 1.165) is 12.0 Å². The second-order valence-electron chi connectivity index (χ2n) is 17.7. The van der Waals surface area contributed by atoms with Crippen LogP contribution in [0, 0.1) is 39.9 Å². The van der Waals surface area contributed by atoms with E-state index in [1.165, 1.54) is 0 Å². The van der Waals surface area contributed by atoms with Gasteiger partial charge in [-0.1, -0.05) is 27.7 Å². The minimum absolute atomic E-state index is 0.0241. The van der Waals surface area contributed by atoms with E-state index in [-0.39, 0.29) is 54.1 Å². The van der Waals surface area contributed by atoms with Gasteiger partial charge in [0.2, 0.25) is 5.91 Å². The van der Waals surface area contributed by atoms with Gasteiger partial charge in [-0.05, 0) is 123 Å². The summed E-state index contributed by atoms with van der Waals surface area (Å²) in [5.41, 5.74) is -3.69. The number of phenolic OH excluding ortho intramolecular Hbond substituents is 1. The lowest BCUT2D eigenvalue weighted by molar-refractivity contribution is -0.195. The van der Waals surface area contributed by atoms with Crippen LogP contribution in [0.1, 0.15) is 98.0 Å². The molecule has 2 saturated heterocycles. The predicted octanol–water partition coefficient (Wildman–Crippen LogP) is 3.81. The number of nitrogens with zero attached hydrogens (tertiary/aromatic N) is 1. The van der Waals surface area contributed by atoms with E-state index in [2.05, 4.69) is 20.8 Å². The number of ether oxygens (including phenoxy) is 1. The van der Waals surface area contributed by atoms with E-state index in [9.17, 15) is 40.2 Å². The molecule has 276 valence electrons. The number of carbonyl (C=O) groups is 2. The Morgan fingerprint density at radius 3 is 2.44 bits per heavy atom. The average molecular weight is 696 g/mol. The summed E-state index contributed by atoms with van der Waals surface area (Å²) in [4.78, 5) is 28.5. The fourth-order valence-electron chi connectivity index (χ4n) is 11.8. The zero-order valence-electron chi connectivity index (χ0n) is 30.3. The fourth-order valence-corrected chi connectivity index (χ4v) is 11.8. The lowest BCUT2D eigenvalue weighted by Crippen LogP contribution is -2.67. The SMILES string of the molecule is CC(C)[C@@H](C)[C@H]1O[C@H]1[C@](C)(O)[C@@H]1CC[C@]2(O)C3=CC(=O)[C@@]4(CO)C[C@@H](O)[C@@H](O)C[C@]4(C)[C@@H]3CC[C@]12CCc1cc(O)cc(N2CCCC2=O)c1. The topological polar surface area (TPSA) is 171 Å². The van der Waals surface area contributed by atoms with Crippen molar-refractivity contribution in [1.29, 1.82) is 0 Å². The molecule has 2 heterocycles. The van der Waals surface area contributed by atoms with Crippen molar-refractivity contribution in [3.05, 3.63) is 35.4 Å². The maximum Gasteiger partial charge on any atom is 0.227 e. The van der Waals surface area contributed by atoms with Crippen molar-refractivity contribution < 1.29 is 45.0 Å². The van der Waals surface area contributed by atoms with Crippen molar-refractivity contribution in [3.8, 4) is 5.75 Å². The number of amides is 1. The smallest absolute Gasteiger partial charge is 0.227 e. The van der Waals surface area contributed by atoms with Gasteiger partial charge in [0.05, 0.1) is 41.5 Å². The Bertz CT molecular complexity index is 1570. The Balaban J connectivity index is 1.30. The zero-order chi connectivity index (χ0) is 36.2. The van der Waals surface area contributed by atoms with Crippen LogP contribution >= 0.6 is 0 Å². The molecule has 1 amide bonds. The van der Waals surface area contributed by atoms with Gasteiger partial charge >= 0.3 is 0 Å². The number of hydrogen-bond donors (Lipinski definition) is 6. The largest absolute Gasteiger partial charge is 0.508 e. The number of benzene rings is 1. The van der Waals surface area contributed by atoms with Gasteiger partial charge in [0.1, 0.15) is 11.9 Å². The van der Waals surface area contributed by atoms with Crippen LogP contribution in [0.4, 0.5) is 5.69 Å². The molecule has 1 aromatic rings. The standard InChI is InChI=1S/C40H57NO9/c1-22(2)23(3)34-35(50-34)37(5,48)31-10-13-40(49)28-18-32(46)39(21-42)20-30(45)29(44)19-36(39,4)27(28)9-12-38(31,40)11-8-24-15-25(17-26(43)16-24)41-14-6-7-33(41)47/h15-18,22-23,27,29-31,34-35,42-45,48-49H,6-14,19-21H2,1-5H3/t23-,27-,29+,30-,31+,34-,35-,36-,37-,38-,39+,40+/m1/s1. The summed E-state index contributed by atoms with van der Waals surface area (Å²) in [6, 6.07) is 5.25. The van der Waals surface area contributed by atoms with E-state index >= 15 is 0 Å². The molecule has 10 nitrogen and oxygen atoms in total. The summed E-state index contributed by atoms with van der Waals surface area (Å²) in [5, 5.41) is 69.0. The number of aliphatic hydroxyl groups excluding tert-OH is 3. The Morgan fingerprint density at radius 2 is 1.78 bits per heavy atom. The molecule has 0 radical (unpaired) electrons. The highest BCUT2D eigenvalue weighted by Gasteiger charge is 2.74. The van der Waals surface area contributed by atoms with Gasteiger partial charge in [-0.15, -0.1) is 0 Å². The number of epoxide rings is 1. The number of fused-ring (bicyclic) bond motifs is 5. The quantitative estimate of drug-likeness (QED) is 0.210. The van der Waals surface area contributed by atoms with Crippen molar-refractivity contribution in [3.63, 3.8) is 0 Å². The first kappa shape index (κ1) is 36.0. The van der Waals surface area contributed by atoms with Crippen molar-refractivity contribution in [2.45, 2.75) is 134 Å². The summed E-state index contributed by atoms with van der Waals surface area (Å²) in [6.07, 6.45) is 3.04. The van der Waals surface area contributed by atoms with Gasteiger partial charge in [0.15, 0.2) is 5.78 Å². The summed E-state index contributed by atoms with van der Waals surface area (Å²) >= 11 is 0. The summed E-state index contributed by atoms with van der Waals surface area (Å²) in [7, 11) is 0. The maximum atomic E-state index is 14.2. The maximum absolute atomic E-state index is 14.2. The highest BCUT2D eigenvalue weighted by molar-refractivity contribution is 5.98. The molecule has 50 heavy (non-hydrogen) atoms. The molecule has 4 aliphatic carbocycles. The molecule has 0 spiro atoms. The van der Waals surface area contributed by atoms with Gasteiger partial charge in [0.25, 0.3) is 0 Å². The van der Waals surface area contributed by atoms with Crippen LogP contribution in [0.15, 0.2) is 29.8 Å². The molecular weight excluding hydrogens is 638 g/mol. The zero-order valence-corrected chi connectivity index (χ0v) is 30.3. The molecule has 1 aromatic carbocycles. The minimum Gasteiger partial charge on any atom is -0.508 e. The highest BCUT2D eigenvalue weighted by atomic mass is 16.6. The Labute approximate surface area is 295 Å². The van der Waals surface area contributed by atoms with Crippen LogP contribution < -0.4 is 4.90 Å². The summed E-state index contributed by atoms with van der Waals surface area (Å²) in [5.74, 6) is -0.346. The monoisotopic (exact) mass is 695 g/mol. The van der Waals surface area contributed by atoms with E-state index in [1.807, 2.05) is 19.9 Å². The van der Waals surface area contributed by atoms with Crippen molar-refractivity contribution in [2.75, 3.05) is 18.1 Å². The minimum atomic E-state index is -1.47. The van der Waals surface area contributed by atoms with Gasteiger partial charge in [-0.25, -0.2) is 0 Å². The Hall–Kier alpha value is -2.34. The number of aromatic hydroxyl groups is 1. The summed E-state index contributed by atoms with van der Waals surface area (Å²) in [6.45, 7) is 10.3. The first-order valence-electron chi connectivity index (χ1n) is 18.9. The normalized spacial score (nSPS) is 42.9. The van der Waals surface area contributed by atoms with E-state index in [4.69, 9.17) is 4.74 Å². The van der Waals surface area contributed by atoms with E-state index in [1.54, 1.807) is 23.1 Å². The van der Waals surface area contributed by atoms with Gasteiger partial charge in [0, 0.05) is 30.1 Å². The predicted molar refractivity (Wildman–Crippen MR) is 186 cm³/mol. The number of hydrogen-bond acceptors (Lipinski definition) is 9. The fraction of sp³-hybridized carbons (Fsp3) is 0.750. The van der Waals surface area contributed by atoms with Crippen LogP contribution in [0.2, 0.25) is 0 Å². The molecule has 6 N–H and O–H groups in total.